The number of methoxy groups -OCH3 is 2. The normalized spacial score (nSPS) is 19.2. The molecule has 3 aromatic rings. The number of carbonyl (C=O) groups excluding carboxylic acids is 2. The van der Waals surface area contributed by atoms with Gasteiger partial charge in [0.25, 0.3) is 0 Å². The predicted molar refractivity (Wildman–Crippen MR) is 105 cm³/mol. The van der Waals surface area contributed by atoms with Crippen molar-refractivity contribution in [2.45, 2.75) is 18.5 Å². The van der Waals surface area contributed by atoms with E-state index in [9.17, 15) is 9.59 Å². The molecule has 144 valence electrons. The van der Waals surface area contributed by atoms with Crippen LogP contribution in [0.15, 0.2) is 48.5 Å². The second-order valence-corrected chi connectivity index (χ2v) is 6.99. The van der Waals surface area contributed by atoms with Crippen molar-refractivity contribution in [3.63, 3.8) is 0 Å². The molecule has 6 heteroatoms. The summed E-state index contributed by atoms with van der Waals surface area (Å²) >= 11 is 0. The molecule has 0 fully saturated rings. The molecule has 28 heavy (non-hydrogen) atoms. The Bertz CT molecular complexity index is 1040. The first kappa shape index (κ1) is 18.3. The summed E-state index contributed by atoms with van der Waals surface area (Å²) in [7, 11) is 4.71. The van der Waals surface area contributed by atoms with E-state index < -0.39 is 0 Å². The smallest absolute Gasteiger partial charge is 0.337 e. The van der Waals surface area contributed by atoms with E-state index >= 15 is 0 Å². The number of para-hydroxylation sites is 1. The maximum Gasteiger partial charge on any atom is 0.337 e. The van der Waals surface area contributed by atoms with Gasteiger partial charge >= 0.3 is 11.9 Å². The molecule has 0 spiro atoms. The van der Waals surface area contributed by atoms with Gasteiger partial charge in [-0.3, -0.25) is 9.69 Å². The van der Waals surface area contributed by atoms with Gasteiger partial charge in [0.2, 0.25) is 0 Å². The van der Waals surface area contributed by atoms with E-state index in [4.69, 9.17) is 9.47 Å². The number of benzene rings is 2. The van der Waals surface area contributed by atoms with Gasteiger partial charge in [-0.05, 0) is 36.4 Å². The molecule has 1 aliphatic heterocycles. The van der Waals surface area contributed by atoms with Crippen molar-refractivity contribution < 1.29 is 19.1 Å². The number of carbonyl (C=O) groups is 2. The molecule has 4 rings (SSSR count). The van der Waals surface area contributed by atoms with Crippen molar-refractivity contribution in [1.29, 1.82) is 0 Å². The van der Waals surface area contributed by atoms with Gasteiger partial charge < -0.3 is 14.5 Å². The summed E-state index contributed by atoms with van der Waals surface area (Å²) < 4.78 is 9.85. The molecule has 1 aromatic heterocycles. The summed E-state index contributed by atoms with van der Waals surface area (Å²) in [5, 5.41) is 1.12. The SMILES string of the molecule is COC(=O)c1ccc([C@H]2c3[nH]c4ccccc4c3CC(C(=O)OC)N2C)cc1. The highest BCUT2D eigenvalue weighted by molar-refractivity contribution is 5.89. The summed E-state index contributed by atoms with van der Waals surface area (Å²) in [6, 6.07) is 14.9. The third-order valence-electron chi connectivity index (χ3n) is 5.54. The number of nitrogens with one attached hydrogen (secondary N) is 1. The highest BCUT2D eigenvalue weighted by Gasteiger charge is 2.39. The van der Waals surface area contributed by atoms with Crippen LogP contribution in [0.5, 0.6) is 0 Å². The minimum Gasteiger partial charge on any atom is -0.468 e. The molecule has 0 saturated heterocycles. The molecule has 1 unspecified atom stereocenters. The van der Waals surface area contributed by atoms with Gasteiger partial charge in [-0.15, -0.1) is 0 Å². The predicted octanol–water partition coefficient (Wildman–Crippen LogP) is 3.07. The molecular formula is C22H22N2O4. The van der Waals surface area contributed by atoms with Crippen molar-refractivity contribution in [2.75, 3.05) is 21.3 Å². The van der Waals surface area contributed by atoms with Crippen LogP contribution in [0.2, 0.25) is 0 Å². The zero-order chi connectivity index (χ0) is 19.8. The van der Waals surface area contributed by atoms with Crippen molar-refractivity contribution in [1.82, 2.24) is 9.88 Å². The Kier molecular flexibility index (Phi) is 4.65. The van der Waals surface area contributed by atoms with Gasteiger partial charge in [0, 0.05) is 23.0 Å². The maximum atomic E-state index is 12.5. The topological polar surface area (TPSA) is 71.6 Å². The first-order valence-corrected chi connectivity index (χ1v) is 9.12. The van der Waals surface area contributed by atoms with Gasteiger partial charge in [-0.2, -0.15) is 0 Å². The molecule has 1 N–H and O–H groups in total. The summed E-state index contributed by atoms with van der Waals surface area (Å²) in [5.41, 5.74) is 4.71. The zero-order valence-corrected chi connectivity index (χ0v) is 16.1. The van der Waals surface area contributed by atoms with Crippen LogP contribution in [-0.4, -0.2) is 49.1 Å². The molecule has 0 amide bonds. The zero-order valence-electron chi connectivity index (χ0n) is 16.1. The summed E-state index contributed by atoms with van der Waals surface area (Å²) in [6.45, 7) is 0. The van der Waals surface area contributed by atoms with Gasteiger partial charge in [0.15, 0.2) is 0 Å². The minimum absolute atomic E-state index is 0.160. The van der Waals surface area contributed by atoms with Crippen molar-refractivity contribution in [3.05, 3.63) is 70.9 Å². The van der Waals surface area contributed by atoms with Crippen LogP contribution in [0.3, 0.4) is 0 Å². The van der Waals surface area contributed by atoms with Crippen molar-refractivity contribution >= 4 is 22.8 Å². The van der Waals surface area contributed by atoms with E-state index in [2.05, 4.69) is 11.1 Å². The molecular weight excluding hydrogens is 356 g/mol. The largest absolute Gasteiger partial charge is 0.468 e. The molecule has 2 atom stereocenters. The Labute approximate surface area is 163 Å². The number of aromatic nitrogens is 1. The Balaban J connectivity index is 1.85. The standard InChI is InChI=1S/C22H22N2O4/c1-24-18(22(26)28-3)12-16-15-6-4-5-7-17(15)23-19(16)20(24)13-8-10-14(11-9-13)21(25)27-2/h4-11,18,20,23H,12H2,1-3H3/t18?,20-/m0/s1. The number of fused-ring (bicyclic) bond motifs is 3. The fourth-order valence-electron chi connectivity index (χ4n) is 4.10. The molecule has 6 nitrogen and oxygen atoms in total. The van der Waals surface area contributed by atoms with Crippen LogP contribution < -0.4 is 0 Å². The lowest BCUT2D eigenvalue weighted by atomic mass is 9.88. The van der Waals surface area contributed by atoms with Crippen LogP contribution in [0.4, 0.5) is 0 Å². The Morgan fingerprint density at radius 2 is 1.75 bits per heavy atom. The fraction of sp³-hybridized carbons (Fsp3) is 0.273. The van der Waals surface area contributed by atoms with Gasteiger partial charge in [0.05, 0.1) is 25.8 Å². The number of esters is 2. The Morgan fingerprint density at radius 1 is 1.04 bits per heavy atom. The van der Waals surface area contributed by atoms with Crippen LogP contribution >= 0.6 is 0 Å². The highest BCUT2D eigenvalue weighted by Crippen LogP contribution is 2.40. The molecule has 1 aliphatic rings. The summed E-state index contributed by atoms with van der Waals surface area (Å²) in [6.07, 6.45) is 0.583. The lowest BCUT2D eigenvalue weighted by Crippen LogP contribution is -2.46. The quantitative estimate of drug-likeness (QED) is 0.709. The second-order valence-electron chi connectivity index (χ2n) is 6.99. The number of nitrogens with zero attached hydrogens (tertiary/aromatic N) is 1. The second kappa shape index (κ2) is 7.13. The van der Waals surface area contributed by atoms with E-state index in [0.29, 0.717) is 12.0 Å². The summed E-state index contributed by atoms with van der Waals surface area (Å²) in [5.74, 6) is -0.628. The van der Waals surface area contributed by atoms with E-state index in [1.807, 2.05) is 42.3 Å². The van der Waals surface area contributed by atoms with Crippen LogP contribution in [0.1, 0.15) is 33.2 Å². The first-order valence-electron chi connectivity index (χ1n) is 9.12. The number of H-pyrrole nitrogens is 1. The molecule has 2 aromatic carbocycles. The highest BCUT2D eigenvalue weighted by atomic mass is 16.5. The molecule has 0 aliphatic carbocycles. The third kappa shape index (κ3) is 2.86. The summed E-state index contributed by atoms with van der Waals surface area (Å²) in [4.78, 5) is 29.8. The average molecular weight is 378 g/mol. The number of rotatable bonds is 3. The average Bonchev–Trinajstić information content (AvgIpc) is 3.10. The fourth-order valence-corrected chi connectivity index (χ4v) is 4.10. The number of aromatic amines is 1. The van der Waals surface area contributed by atoms with E-state index in [-0.39, 0.29) is 24.0 Å². The van der Waals surface area contributed by atoms with Crippen molar-refractivity contribution in [3.8, 4) is 0 Å². The molecule has 0 radical (unpaired) electrons. The van der Waals surface area contributed by atoms with Gasteiger partial charge in [-0.25, -0.2) is 4.79 Å². The maximum absolute atomic E-state index is 12.5. The monoisotopic (exact) mass is 378 g/mol. The molecule has 2 heterocycles. The first-order chi connectivity index (χ1) is 13.5. The van der Waals surface area contributed by atoms with E-state index in [1.165, 1.54) is 14.2 Å². The van der Waals surface area contributed by atoms with Crippen LogP contribution in [0.25, 0.3) is 10.9 Å². The van der Waals surface area contributed by atoms with Crippen LogP contribution in [-0.2, 0) is 20.7 Å². The Morgan fingerprint density at radius 3 is 2.43 bits per heavy atom. The van der Waals surface area contributed by atoms with Crippen molar-refractivity contribution in [2.24, 2.45) is 0 Å². The lowest BCUT2D eigenvalue weighted by molar-refractivity contribution is -0.147. The van der Waals surface area contributed by atoms with E-state index in [0.717, 1.165) is 27.7 Å². The third-order valence-corrected chi connectivity index (χ3v) is 5.54. The van der Waals surface area contributed by atoms with Crippen LogP contribution in [0, 0.1) is 0 Å². The van der Waals surface area contributed by atoms with Gasteiger partial charge in [0.1, 0.15) is 6.04 Å². The lowest BCUT2D eigenvalue weighted by Gasteiger charge is -2.38. The van der Waals surface area contributed by atoms with E-state index in [1.54, 1.807) is 12.1 Å². The number of ether oxygens (including phenoxy) is 2. The van der Waals surface area contributed by atoms with Gasteiger partial charge in [-0.1, -0.05) is 30.3 Å². The molecule has 0 bridgehead atoms. The number of hydrogen-bond donors (Lipinski definition) is 1. The Hall–Kier alpha value is -3.12. The minimum atomic E-state index is -0.387. The molecule has 0 saturated carbocycles. The number of hydrogen-bond acceptors (Lipinski definition) is 5. The number of likely N-dealkylation sites (N-methyl/N-ethyl adjacent to an activating group) is 1.